The predicted molar refractivity (Wildman–Crippen MR) is 197 cm³/mol. The van der Waals surface area contributed by atoms with Gasteiger partial charge in [-0.3, -0.25) is 0 Å². The number of para-hydroxylation sites is 1. The number of nitrogens with zero attached hydrogens (tertiary/aromatic N) is 4. The van der Waals surface area contributed by atoms with Crippen molar-refractivity contribution in [1.29, 1.82) is 0 Å². The largest absolute Gasteiger partial charge is 0.228 e. The van der Waals surface area contributed by atoms with Crippen LogP contribution in [0.1, 0.15) is 0 Å². The van der Waals surface area contributed by atoms with Crippen molar-refractivity contribution in [1.82, 2.24) is 19.9 Å². The average molecular weight is 613 g/mol. The Morgan fingerprint density at radius 3 is 1.62 bits per heavy atom. The Morgan fingerprint density at radius 2 is 0.875 bits per heavy atom. The lowest BCUT2D eigenvalue weighted by Crippen LogP contribution is -1.97. The lowest BCUT2D eigenvalue weighted by Gasteiger charge is -2.13. The van der Waals surface area contributed by atoms with E-state index in [2.05, 4.69) is 133 Å². The third-order valence-corrected chi connectivity index (χ3v) is 8.91. The molecule has 0 aliphatic rings. The Bertz CT molecular complexity index is 2500. The molecule has 48 heavy (non-hydrogen) atoms. The van der Waals surface area contributed by atoms with Gasteiger partial charge in [-0.05, 0) is 33.7 Å². The van der Waals surface area contributed by atoms with Crippen molar-refractivity contribution in [3.63, 3.8) is 0 Å². The summed E-state index contributed by atoms with van der Waals surface area (Å²) in [6.07, 6.45) is 0. The maximum absolute atomic E-state index is 5.20. The summed E-state index contributed by atoms with van der Waals surface area (Å²) < 4.78 is 0. The SMILES string of the molecule is c1ccc(-c2nc(-c3ccc(-c4cc(-c5cccc6ccccc56)nc(-c5cccc6ccccc56)n4)cc3)nc3ccccc23)cc1. The van der Waals surface area contributed by atoms with Gasteiger partial charge in [0.05, 0.1) is 22.6 Å². The minimum absolute atomic E-state index is 0.690. The van der Waals surface area contributed by atoms with Crippen molar-refractivity contribution >= 4 is 32.4 Å². The Hall–Kier alpha value is -6.52. The lowest BCUT2D eigenvalue weighted by atomic mass is 9.99. The molecule has 0 fully saturated rings. The third-order valence-electron chi connectivity index (χ3n) is 8.91. The Kier molecular flexibility index (Phi) is 6.76. The van der Waals surface area contributed by atoms with Crippen LogP contribution in [0, 0.1) is 0 Å². The maximum Gasteiger partial charge on any atom is 0.161 e. The van der Waals surface area contributed by atoms with Crippen LogP contribution in [0.25, 0.3) is 89.0 Å². The first-order valence-electron chi connectivity index (χ1n) is 16.1. The molecule has 224 valence electrons. The van der Waals surface area contributed by atoms with Gasteiger partial charge >= 0.3 is 0 Å². The molecule has 0 saturated heterocycles. The fourth-order valence-corrected chi connectivity index (χ4v) is 6.53. The molecule has 0 N–H and O–H groups in total. The van der Waals surface area contributed by atoms with E-state index in [0.29, 0.717) is 11.6 Å². The first kappa shape index (κ1) is 27.8. The second kappa shape index (κ2) is 11.7. The van der Waals surface area contributed by atoms with Gasteiger partial charge in [-0.25, -0.2) is 19.9 Å². The quantitative estimate of drug-likeness (QED) is 0.194. The smallest absolute Gasteiger partial charge is 0.161 e. The molecule has 0 atom stereocenters. The molecular formula is C44H28N4. The predicted octanol–water partition coefficient (Wildman–Crippen LogP) is 11.1. The van der Waals surface area contributed by atoms with Crippen LogP contribution in [0.15, 0.2) is 170 Å². The van der Waals surface area contributed by atoms with Gasteiger partial charge in [-0.1, -0.05) is 158 Å². The summed E-state index contributed by atoms with van der Waals surface area (Å²) in [5.74, 6) is 1.39. The second-order valence-corrected chi connectivity index (χ2v) is 11.9. The molecule has 7 aromatic carbocycles. The fraction of sp³-hybridized carbons (Fsp3) is 0. The molecule has 2 heterocycles. The molecule has 9 rings (SSSR count). The molecule has 0 unspecified atom stereocenters. The number of aromatic nitrogens is 4. The second-order valence-electron chi connectivity index (χ2n) is 11.9. The average Bonchev–Trinajstić information content (AvgIpc) is 3.17. The normalized spacial score (nSPS) is 11.3. The van der Waals surface area contributed by atoms with E-state index in [-0.39, 0.29) is 0 Å². The third kappa shape index (κ3) is 4.97. The Balaban J connectivity index is 1.19. The molecule has 0 radical (unpaired) electrons. The Morgan fingerprint density at radius 1 is 0.312 bits per heavy atom. The molecule has 2 aromatic heterocycles. The van der Waals surface area contributed by atoms with Crippen molar-refractivity contribution in [3.8, 4) is 56.5 Å². The molecule has 0 amide bonds. The highest BCUT2D eigenvalue weighted by Crippen LogP contribution is 2.35. The van der Waals surface area contributed by atoms with Crippen LogP contribution in [0.4, 0.5) is 0 Å². The van der Waals surface area contributed by atoms with Crippen LogP contribution in [0.2, 0.25) is 0 Å². The molecular weight excluding hydrogens is 585 g/mol. The van der Waals surface area contributed by atoms with Crippen molar-refractivity contribution in [3.05, 3.63) is 170 Å². The summed E-state index contributed by atoms with van der Waals surface area (Å²) in [6, 6.07) is 58.5. The standard InChI is InChI=1S/C44H28N4/c1-2-14-32(15-3-1)42-38-20-8-9-23-39(38)45-43(48-42)33-26-24-31(25-27-33)40-28-41(36-21-10-16-29-12-4-6-18-34(29)36)47-44(46-40)37-22-11-17-30-13-5-7-19-35(30)37/h1-28H. The van der Waals surface area contributed by atoms with E-state index in [0.717, 1.165) is 72.0 Å². The van der Waals surface area contributed by atoms with Gasteiger partial charge in [0.25, 0.3) is 0 Å². The summed E-state index contributed by atoms with van der Waals surface area (Å²) in [7, 11) is 0. The maximum atomic E-state index is 5.20. The summed E-state index contributed by atoms with van der Waals surface area (Å²) in [4.78, 5) is 20.4. The van der Waals surface area contributed by atoms with Gasteiger partial charge in [-0.15, -0.1) is 0 Å². The monoisotopic (exact) mass is 612 g/mol. The summed E-state index contributed by atoms with van der Waals surface area (Å²) in [5, 5.41) is 5.65. The zero-order chi connectivity index (χ0) is 31.9. The number of hydrogen-bond donors (Lipinski definition) is 0. The number of rotatable bonds is 5. The van der Waals surface area contributed by atoms with E-state index < -0.39 is 0 Å². The number of hydrogen-bond acceptors (Lipinski definition) is 4. The molecule has 4 nitrogen and oxygen atoms in total. The topological polar surface area (TPSA) is 51.6 Å². The minimum atomic E-state index is 0.690. The molecule has 0 aliphatic carbocycles. The van der Waals surface area contributed by atoms with E-state index in [4.69, 9.17) is 19.9 Å². The zero-order valence-electron chi connectivity index (χ0n) is 26.0. The van der Waals surface area contributed by atoms with Crippen LogP contribution >= 0.6 is 0 Å². The molecule has 4 heteroatoms. The van der Waals surface area contributed by atoms with Gasteiger partial charge in [0.2, 0.25) is 0 Å². The van der Waals surface area contributed by atoms with Crippen molar-refractivity contribution in [2.24, 2.45) is 0 Å². The summed E-state index contributed by atoms with van der Waals surface area (Å²) in [6.45, 7) is 0. The van der Waals surface area contributed by atoms with Gasteiger partial charge in [0.1, 0.15) is 0 Å². The van der Waals surface area contributed by atoms with Crippen LogP contribution in [-0.4, -0.2) is 19.9 Å². The van der Waals surface area contributed by atoms with Gasteiger partial charge in [-0.2, -0.15) is 0 Å². The minimum Gasteiger partial charge on any atom is -0.228 e. The van der Waals surface area contributed by atoms with Gasteiger partial charge < -0.3 is 0 Å². The van der Waals surface area contributed by atoms with Crippen molar-refractivity contribution in [2.45, 2.75) is 0 Å². The molecule has 0 bridgehead atoms. The highest BCUT2D eigenvalue weighted by atomic mass is 14.9. The van der Waals surface area contributed by atoms with Crippen LogP contribution in [0.5, 0.6) is 0 Å². The highest BCUT2D eigenvalue weighted by molar-refractivity contribution is 5.98. The fourth-order valence-electron chi connectivity index (χ4n) is 6.53. The van der Waals surface area contributed by atoms with E-state index in [1.54, 1.807) is 0 Å². The van der Waals surface area contributed by atoms with Gasteiger partial charge in [0.15, 0.2) is 11.6 Å². The van der Waals surface area contributed by atoms with Crippen LogP contribution < -0.4 is 0 Å². The number of benzene rings is 7. The summed E-state index contributed by atoms with van der Waals surface area (Å²) in [5.41, 5.74) is 8.67. The van der Waals surface area contributed by atoms with E-state index in [1.165, 1.54) is 5.39 Å². The van der Waals surface area contributed by atoms with Gasteiger partial charge in [0, 0.05) is 33.2 Å². The first-order chi connectivity index (χ1) is 23.8. The zero-order valence-corrected chi connectivity index (χ0v) is 26.0. The highest BCUT2D eigenvalue weighted by Gasteiger charge is 2.16. The lowest BCUT2D eigenvalue weighted by molar-refractivity contribution is 1.19. The molecule has 0 aliphatic heterocycles. The van der Waals surface area contributed by atoms with E-state index in [1.807, 2.05) is 36.4 Å². The van der Waals surface area contributed by atoms with Crippen molar-refractivity contribution in [2.75, 3.05) is 0 Å². The van der Waals surface area contributed by atoms with Crippen LogP contribution in [-0.2, 0) is 0 Å². The molecule has 9 aromatic rings. The van der Waals surface area contributed by atoms with E-state index in [9.17, 15) is 0 Å². The van der Waals surface area contributed by atoms with E-state index >= 15 is 0 Å². The first-order valence-corrected chi connectivity index (χ1v) is 16.1. The summed E-state index contributed by atoms with van der Waals surface area (Å²) >= 11 is 0. The molecule has 0 saturated carbocycles. The number of fused-ring (bicyclic) bond motifs is 3. The van der Waals surface area contributed by atoms with Crippen LogP contribution in [0.3, 0.4) is 0 Å². The van der Waals surface area contributed by atoms with Crippen molar-refractivity contribution < 1.29 is 0 Å². The Labute approximate surface area is 278 Å². The molecule has 0 spiro atoms.